The van der Waals surface area contributed by atoms with Crippen LogP contribution < -0.4 is 20.5 Å². The zero-order valence-electron chi connectivity index (χ0n) is 24.1. The average molecular weight is 553 g/mol. The van der Waals surface area contributed by atoms with E-state index in [2.05, 4.69) is 57.6 Å². The summed E-state index contributed by atoms with van der Waals surface area (Å²) < 4.78 is 6.54. The highest BCUT2D eigenvalue weighted by molar-refractivity contribution is 6.06. The van der Waals surface area contributed by atoms with Crippen molar-refractivity contribution < 1.29 is 9.21 Å². The van der Waals surface area contributed by atoms with Gasteiger partial charge in [0.25, 0.3) is 0 Å². The van der Waals surface area contributed by atoms with Gasteiger partial charge in [-0.15, -0.1) is 0 Å². The van der Waals surface area contributed by atoms with Crippen LogP contribution in [0.2, 0.25) is 0 Å². The Labute approximate surface area is 245 Å². The van der Waals surface area contributed by atoms with Crippen LogP contribution in [-0.2, 0) is 0 Å². The van der Waals surface area contributed by atoms with Crippen molar-refractivity contribution in [2.75, 3.05) is 43.3 Å². The first-order valence-corrected chi connectivity index (χ1v) is 13.8. The molecule has 1 heterocycles. The van der Waals surface area contributed by atoms with Gasteiger partial charge in [-0.2, -0.15) is 0 Å². The van der Waals surface area contributed by atoms with Crippen LogP contribution in [0.15, 0.2) is 119 Å². The molecule has 1 N–H and O–H groups in total. The van der Waals surface area contributed by atoms with Crippen molar-refractivity contribution in [1.29, 1.82) is 0 Å². The molecule has 0 amide bonds. The maximum atomic E-state index is 12.1. The molecule has 0 spiro atoms. The number of hydrogen-bond donors (Lipinski definition) is 1. The largest absolute Gasteiger partial charge is 0.456 e. The summed E-state index contributed by atoms with van der Waals surface area (Å²) in [6.07, 6.45) is 0.908. The second-order valence-corrected chi connectivity index (χ2v) is 10.7. The number of nitrogens with zero attached hydrogens (tertiary/aromatic N) is 3. The van der Waals surface area contributed by atoms with Gasteiger partial charge in [0.1, 0.15) is 11.3 Å². The molecule has 6 nitrogen and oxygen atoms in total. The van der Waals surface area contributed by atoms with E-state index in [1.54, 1.807) is 0 Å². The number of carbonyl (C=O) groups excluding carboxylic acids is 1. The van der Waals surface area contributed by atoms with Gasteiger partial charge in [-0.1, -0.05) is 24.3 Å². The summed E-state index contributed by atoms with van der Waals surface area (Å²) in [5, 5.41) is 5.20. The molecule has 1 aliphatic carbocycles. The van der Waals surface area contributed by atoms with Gasteiger partial charge in [0.05, 0.1) is 11.0 Å². The van der Waals surface area contributed by atoms with E-state index in [-0.39, 0.29) is 0 Å². The Bertz CT molecular complexity index is 1920. The fourth-order valence-corrected chi connectivity index (χ4v) is 5.13. The van der Waals surface area contributed by atoms with Crippen LogP contribution in [0.25, 0.3) is 33.4 Å². The molecule has 0 fully saturated rings. The molecule has 0 saturated heterocycles. The molecular formula is C36H32N4O2. The molecular weight excluding hydrogens is 520 g/mol. The minimum Gasteiger partial charge on any atom is -0.456 e. The smallest absolute Gasteiger partial charge is 0.150 e. The molecule has 0 aromatic heterocycles. The van der Waals surface area contributed by atoms with Gasteiger partial charge in [0.15, 0.2) is 6.29 Å². The van der Waals surface area contributed by atoms with Gasteiger partial charge in [-0.05, 0) is 78.4 Å². The number of fused-ring (bicyclic) bond motifs is 2. The predicted octanol–water partition coefficient (Wildman–Crippen LogP) is 8.13. The fourth-order valence-electron chi connectivity index (χ4n) is 5.13. The van der Waals surface area contributed by atoms with Crippen molar-refractivity contribution in [1.82, 2.24) is 0 Å². The van der Waals surface area contributed by atoms with Crippen LogP contribution in [-0.4, -0.2) is 34.5 Å². The molecule has 42 heavy (non-hydrogen) atoms. The van der Waals surface area contributed by atoms with Crippen LogP contribution in [0.3, 0.4) is 0 Å². The standard InChI is InChI=1S/C36H32N4O2/c1-39(2)29-15-9-25(10-16-29)37-27-13-19-32-34(21-27)42-35-22-28(38-26-11-17-30(18-12-26)40(3)4)14-20-33(35)36(32)31-8-6-5-7-24(31)23-41/h5-23,37H,1-4H3/b38-28-. The first-order valence-electron chi connectivity index (χ1n) is 13.8. The number of nitrogens with one attached hydrogen (secondary N) is 1. The third-order valence-corrected chi connectivity index (χ3v) is 7.36. The maximum Gasteiger partial charge on any atom is 0.150 e. The maximum absolute atomic E-state index is 12.1. The van der Waals surface area contributed by atoms with E-state index in [1.807, 2.05) is 94.9 Å². The number of aldehydes is 1. The molecule has 0 saturated carbocycles. The normalized spacial score (nSPS) is 11.6. The van der Waals surface area contributed by atoms with Crippen LogP contribution in [0.4, 0.5) is 28.4 Å². The summed E-state index contributed by atoms with van der Waals surface area (Å²) in [5.41, 5.74) is 9.06. The Balaban J connectivity index is 1.50. The summed E-state index contributed by atoms with van der Waals surface area (Å²) in [5.74, 6) is 0.692. The van der Waals surface area contributed by atoms with Gasteiger partial charge < -0.3 is 19.5 Å². The van der Waals surface area contributed by atoms with Gasteiger partial charge in [0, 0.05) is 85.1 Å². The molecule has 2 aliphatic rings. The van der Waals surface area contributed by atoms with Crippen molar-refractivity contribution in [3.8, 4) is 22.5 Å². The van der Waals surface area contributed by atoms with E-state index in [0.29, 0.717) is 16.9 Å². The zero-order valence-corrected chi connectivity index (χ0v) is 24.1. The Morgan fingerprint density at radius 3 is 2.05 bits per heavy atom. The lowest BCUT2D eigenvalue weighted by Gasteiger charge is -2.17. The third kappa shape index (κ3) is 5.34. The van der Waals surface area contributed by atoms with Crippen molar-refractivity contribution >= 4 is 45.7 Å². The molecule has 6 rings (SSSR count). The zero-order chi connectivity index (χ0) is 29.2. The molecule has 1 aliphatic heterocycles. The number of carbonyl (C=O) groups is 1. The number of hydrogen-bond acceptors (Lipinski definition) is 6. The molecule has 208 valence electrons. The molecule has 0 bridgehead atoms. The highest BCUT2D eigenvalue weighted by Crippen LogP contribution is 2.41. The fraction of sp³-hybridized carbons (Fsp3) is 0.111. The SMILES string of the molecule is CN(C)c1ccc(/N=c2/ccc3c(-c4ccccc4C=O)c4ccc(Nc5ccc(N(C)C)cc5)cc4oc-3c2)cc1. The van der Waals surface area contributed by atoms with Crippen molar-refractivity contribution in [3.63, 3.8) is 0 Å². The van der Waals surface area contributed by atoms with Crippen molar-refractivity contribution in [2.24, 2.45) is 4.99 Å². The number of anilines is 4. The number of benzene rings is 5. The highest BCUT2D eigenvalue weighted by Gasteiger charge is 2.19. The monoisotopic (exact) mass is 552 g/mol. The van der Waals surface area contributed by atoms with Crippen LogP contribution in [0.5, 0.6) is 0 Å². The quantitative estimate of drug-likeness (QED) is 0.160. The molecule has 0 atom stereocenters. The minimum atomic E-state index is 0.629. The topological polar surface area (TPSA) is 61.1 Å². The lowest BCUT2D eigenvalue weighted by atomic mass is 9.91. The summed E-state index contributed by atoms with van der Waals surface area (Å²) in [4.78, 5) is 21.0. The van der Waals surface area contributed by atoms with Crippen molar-refractivity contribution in [2.45, 2.75) is 0 Å². The van der Waals surface area contributed by atoms with Gasteiger partial charge in [-0.25, -0.2) is 4.99 Å². The molecule has 6 heteroatoms. The first-order chi connectivity index (χ1) is 20.4. The van der Waals surface area contributed by atoms with Crippen LogP contribution >= 0.6 is 0 Å². The predicted molar refractivity (Wildman–Crippen MR) is 174 cm³/mol. The Morgan fingerprint density at radius 1 is 0.690 bits per heavy atom. The summed E-state index contributed by atoms with van der Waals surface area (Å²) >= 11 is 0. The van der Waals surface area contributed by atoms with Crippen LogP contribution in [0, 0.1) is 0 Å². The van der Waals surface area contributed by atoms with Gasteiger partial charge in [0.2, 0.25) is 0 Å². The molecule has 4 aromatic carbocycles. The van der Waals surface area contributed by atoms with E-state index < -0.39 is 0 Å². The summed E-state index contributed by atoms with van der Waals surface area (Å²) in [6, 6.07) is 36.1. The molecule has 0 radical (unpaired) electrons. The van der Waals surface area contributed by atoms with E-state index in [4.69, 9.17) is 9.41 Å². The Morgan fingerprint density at radius 2 is 1.36 bits per heavy atom. The van der Waals surface area contributed by atoms with E-state index >= 15 is 0 Å². The molecule has 4 aromatic rings. The number of rotatable bonds is 7. The molecule has 0 unspecified atom stereocenters. The summed E-state index contributed by atoms with van der Waals surface area (Å²) in [7, 11) is 8.08. The Hall–Kier alpha value is -5.36. The van der Waals surface area contributed by atoms with E-state index in [1.165, 1.54) is 0 Å². The van der Waals surface area contributed by atoms with E-state index in [9.17, 15) is 4.79 Å². The lowest BCUT2D eigenvalue weighted by Crippen LogP contribution is -2.08. The Kier molecular flexibility index (Phi) is 7.19. The van der Waals surface area contributed by atoms with Gasteiger partial charge >= 0.3 is 0 Å². The first kappa shape index (κ1) is 26.8. The van der Waals surface area contributed by atoms with Gasteiger partial charge in [-0.3, -0.25) is 4.79 Å². The minimum absolute atomic E-state index is 0.629. The second-order valence-electron chi connectivity index (χ2n) is 10.7. The van der Waals surface area contributed by atoms with E-state index in [0.717, 1.165) is 62.2 Å². The van der Waals surface area contributed by atoms with Crippen LogP contribution in [0.1, 0.15) is 10.4 Å². The lowest BCUT2D eigenvalue weighted by molar-refractivity contribution is 0.112. The van der Waals surface area contributed by atoms with Crippen molar-refractivity contribution in [3.05, 3.63) is 120 Å². The summed E-state index contributed by atoms with van der Waals surface area (Å²) in [6.45, 7) is 0. The second kappa shape index (κ2) is 11.3. The average Bonchev–Trinajstić information content (AvgIpc) is 3.00. The third-order valence-electron chi connectivity index (χ3n) is 7.36. The highest BCUT2D eigenvalue weighted by atomic mass is 16.3.